The van der Waals surface area contributed by atoms with Crippen LogP contribution in [0.2, 0.25) is 0 Å². The molecule has 0 aliphatic carbocycles. The van der Waals surface area contributed by atoms with Gasteiger partial charge >= 0.3 is 0 Å². The molecule has 0 spiro atoms. The largest absolute Gasteiger partial charge is 0.490 e. The molecule has 2 N–H and O–H groups in total. The summed E-state index contributed by atoms with van der Waals surface area (Å²) in [7, 11) is 0. The van der Waals surface area contributed by atoms with Crippen molar-refractivity contribution in [3.63, 3.8) is 0 Å². The third-order valence-electron chi connectivity index (χ3n) is 3.01. The van der Waals surface area contributed by atoms with Crippen LogP contribution >= 0.6 is 0 Å². The van der Waals surface area contributed by atoms with Gasteiger partial charge < -0.3 is 15.2 Å². The highest BCUT2D eigenvalue weighted by atomic mass is 19.1. The van der Waals surface area contributed by atoms with E-state index in [1.165, 1.54) is 6.07 Å². The van der Waals surface area contributed by atoms with Crippen molar-refractivity contribution in [2.75, 3.05) is 6.61 Å². The van der Waals surface area contributed by atoms with Gasteiger partial charge in [0, 0.05) is 11.6 Å². The van der Waals surface area contributed by atoms with Gasteiger partial charge in [-0.1, -0.05) is 31.2 Å². The molecule has 0 amide bonds. The minimum atomic E-state index is -0.435. The molecule has 0 radical (unpaired) electrons. The molecule has 2 aromatic rings. The quantitative estimate of drug-likeness (QED) is 0.855. The van der Waals surface area contributed by atoms with Gasteiger partial charge in [0.1, 0.15) is 0 Å². The molecule has 2 rings (SSSR count). The number of hydrogen-bond acceptors (Lipinski definition) is 3. The van der Waals surface area contributed by atoms with E-state index >= 15 is 0 Å². The first-order chi connectivity index (χ1) is 10.1. The third kappa shape index (κ3) is 3.73. The monoisotopic (exact) mass is 289 g/mol. The average molecular weight is 289 g/mol. The van der Waals surface area contributed by atoms with Crippen LogP contribution in [0.3, 0.4) is 0 Å². The van der Waals surface area contributed by atoms with Gasteiger partial charge in [0.2, 0.25) is 0 Å². The number of hydrogen-bond donors (Lipinski definition) is 1. The molecule has 0 saturated heterocycles. The molecule has 4 heteroatoms. The van der Waals surface area contributed by atoms with E-state index in [2.05, 4.69) is 0 Å². The Hall–Kier alpha value is -2.07. The summed E-state index contributed by atoms with van der Waals surface area (Å²) in [6, 6.07) is 11.7. The van der Waals surface area contributed by atoms with E-state index in [-0.39, 0.29) is 11.8 Å². The average Bonchev–Trinajstić information content (AvgIpc) is 2.48. The van der Waals surface area contributed by atoms with Gasteiger partial charge in [-0.15, -0.1) is 0 Å². The van der Waals surface area contributed by atoms with Crippen LogP contribution in [0.15, 0.2) is 42.5 Å². The lowest BCUT2D eigenvalue weighted by Crippen LogP contribution is -2.08. The lowest BCUT2D eigenvalue weighted by atomic mass is 10.1. The zero-order chi connectivity index (χ0) is 15.2. The van der Waals surface area contributed by atoms with Gasteiger partial charge in [-0.2, -0.15) is 0 Å². The first kappa shape index (κ1) is 15.3. The summed E-state index contributed by atoms with van der Waals surface area (Å²) < 4.78 is 25.4. The summed E-state index contributed by atoms with van der Waals surface area (Å²) in [4.78, 5) is 0. The Bertz CT molecular complexity index is 599. The van der Waals surface area contributed by atoms with Gasteiger partial charge in [0.15, 0.2) is 23.1 Å². The smallest absolute Gasteiger partial charge is 0.169 e. The molecular weight excluding hydrogens is 269 g/mol. The molecule has 0 aliphatic rings. The van der Waals surface area contributed by atoms with Crippen LogP contribution in [0.5, 0.6) is 17.2 Å². The molecule has 0 aliphatic heterocycles. The maximum Gasteiger partial charge on any atom is 0.169 e. The number of ether oxygens (including phenoxy) is 2. The second kappa shape index (κ2) is 7.09. The van der Waals surface area contributed by atoms with E-state index in [0.29, 0.717) is 23.7 Å². The van der Waals surface area contributed by atoms with Crippen molar-refractivity contribution in [2.45, 2.75) is 26.3 Å². The van der Waals surface area contributed by atoms with E-state index < -0.39 is 5.82 Å². The van der Waals surface area contributed by atoms with E-state index in [1.807, 2.05) is 19.1 Å². The Morgan fingerprint density at radius 3 is 2.48 bits per heavy atom. The van der Waals surface area contributed by atoms with Gasteiger partial charge in [-0.25, -0.2) is 4.39 Å². The fraction of sp³-hybridized carbons (Fsp3) is 0.294. The Balaban J connectivity index is 2.34. The number of nitrogens with two attached hydrogens (primary N) is 1. The number of para-hydroxylation sites is 3. The minimum absolute atomic E-state index is 0.153. The second-order valence-electron chi connectivity index (χ2n) is 4.84. The van der Waals surface area contributed by atoms with E-state index in [0.717, 1.165) is 6.42 Å². The van der Waals surface area contributed by atoms with Gasteiger partial charge in [0.05, 0.1) is 6.61 Å². The predicted molar refractivity (Wildman–Crippen MR) is 81.3 cm³/mol. The number of rotatable bonds is 6. The first-order valence-corrected chi connectivity index (χ1v) is 7.07. The molecule has 0 saturated carbocycles. The van der Waals surface area contributed by atoms with Crippen molar-refractivity contribution < 1.29 is 13.9 Å². The summed E-state index contributed by atoms with van der Waals surface area (Å²) in [5.74, 6) is 0.798. The molecule has 0 aromatic heterocycles. The van der Waals surface area contributed by atoms with Crippen LogP contribution in [-0.2, 0) is 0 Å². The van der Waals surface area contributed by atoms with Gasteiger partial charge in [-0.3, -0.25) is 0 Å². The van der Waals surface area contributed by atoms with Gasteiger partial charge in [0.25, 0.3) is 0 Å². The summed E-state index contributed by atoms with van der Waals surface area (Å²) >= 11 is 0. The first-order valence-electron chi connectivity index (χ1n) is 7.07. The maximum absolute atomic E-state index is 14.1. The van der Waals surface area contributed by atoms with Crippen LogP contribution in [0, 0.1) is 5.82 Å². The lowest BCUT2D eigenvalue weighted by Gasteiger charge is -2.16. The summed E-state index contributed by atoms with van der Waals surface area (Å²) in [5.41, 5.74) is 6.50. The van der Waals surface area contributed by atoms with Crippen molar-refractivity contribution >= 4 is 0 Å². The Morgan fingerprint density at radius 2 is 1.81 bits per heavy atom. The van der Waals surface area contributed by atoms with Crippen molar-refractivity contribution in [3.05, 3.63) is 53.8 Å². The number of halogens is 1. The molecule has 21 heavy (non-hydrogen) atoms. The zero-order valence-corrected chi connectivity index (χ0v) is 12.3. The van der Waals surface area contributed by atoms with Crippen LogP contribution in [-0.4, -0.2) is 6.61 Å². The third-order valence-corrected chi connectivity index (χ3v) is 3.01. The van der Waals surface area contributed by atoms with Crippen molar-refractivity contribution in [1.29, 1.82) is 0 Å². The molecule has 0 bridgehead atoms. The molecule has 112 valence electrons. The predicted octanol–water partition coefficient (Wildman–Crippen LogP) is 4.43. The lowest BCUT2D eigenvalue weighted by molar-refractivity contribution is 0.299. The van der Waals surface area contributed by atoms with E-state index in [1.54, 1.807) is 31.2 Å². The summed E-state index contributed by atoms with van der Waals surface area (Å²) in [6.07, 6.45) is 0.888. The maximum atomic E-state index is 14.1. The summed E-state index contributed by atoms with van der Waals surface area (Å²) in [6.45, 7) is 4.40. The fourth-order valence-corrected chi connectivity index (χ4v) is 1.97. The van der Waals surface area contributed by atoms with Crippen LogP contribution in [0.4, 0.5) is 4.39 Å². The van der Waals surface area contributed by atoms with E-state index in [9.17, 15) is 4.39 Å². The molecular formula is C17H20FNO2. The van der Waals surface area contributed by atoms with Crippen LogP contribution in [0.1, 0.15) is 31.9 Å². The Morgan fingerprint density at radius 1 is 1.10 bits per heavy atom. The molecule has 0 fully saturated rings. The Labute approximate surface area is 124 Å². The minimum Gasteiger partial charge on any atom is -0.490 e. The topological polar surface area (TPSA) is 44.5 Å². The van der Waals surface area contributed by atoms with Crippen molar-refractivity contribution in [3.8, 4) is 17.2 Å². The highest BCUT2D eigenvalue weighted by molar-refractivity contribution is 5.46. The van der Waals surface area contributed by atoms with Gasteiger partial charge in [-0.05, 0) is 31.5 Å². The molecule has 3 nitrogen and oxygen atoms in total. The molecule has 2 aromatic carbocycles. The molecule has 1 atom stereocenters. The zero-order valence-electron chi connectivity index (χ0n) is 12.3. The molecule has 0 heterocycles. The van der Waals surface area contributed by atoms with Crippen LogP contribution in [0.25, 0.3) is 0 Å². The highest BCUT2D eigenvalue weighted by Gasteiger charge is 2.15. The second-order valence-corrected chi connectivity index (χ2v) is 4.84. The molecule has 0 unspecified atom stereocenters. The normalized spacial score (nSPS) is 12.0. The van der Waals surface area contributed by atoms with E-state index in [4.69, 9.17) is 15.2 Å². The number of benzene rings is 2. The van der Waals surface area contributed by atoms with Crippen molar-refractivity contribution in [1.82, 2.24) is 0 Å². The standard InChI is InChI=1S/C17H20FNO2/c1-3-11-20-15-9-4-5-10-16(15)21-17-13(12(2)19)7-6-8-14(17)18/h4-10,12H,3,11,19H2,1-2H3/t12-/m0/s1. The highest BCUT2D eigenvalue weighted by Crippen LogP contribution is 2.36. The summed E-state index contributed by atoms with van der Waals surface area (Å²) in [5, 5.41) is 0. The fourth-order valence-electron chi connectivity index (χ4n) is 1.97. The van der Waals surface area contributed by atoms with Crippen molar-refractivity contribution in [2.24, 2.45) is 5.73 Å². The van der Waals surface area contributed by atoms with Crippen LogP contribution < -0.4 is 15.2 Å². The SMILES string of the molecule is CCCOc1ccccc1Oc1c(F)cccc1[C@H](C)N. The Kier molecular flexibility index (Phi) is 5.17.